The van der Waals surface area contributed by atoms with Crippen LogP contribution in [0.4, 0.5) is 0 Å². The second-order valence-electron chi connectivity index (χ2n) is 7.97. The number of carboxylic acid groups (broad SMARTS) is 1. The molecule has 4 unspecified atom stereocenters. The van der Waals surface area contributed by atoms with Crippen LogP contribution in [0.3, 0.4) is 0 Å². The first kappa shape index (κ1) is 20.3. The van der Waals surface area contributed by atoms with E-state index in [1.807, 2.05) is 61.5 Å². The number of nitrogens with zero attached hydrogens (tertiary/aromatic N) is 1. The number of aryl methyl sites for hydroxylation is 1. The van der Waals surface area contributed by atoms with Crippen LogP contribution in [-0.2, 0) is 20.8 Å². The Morgan fingerprint density at radius 1 is 1.07 bits per heavy atom. The van der Waals surface area contributed by atoms with Gasteiger partial charge in [-0.1, -0.05) is 54.6 Å². The molecule has 3 N–H and O–H groups in total. The number of fused-ring (bicyclic) bond motifs is 1. The quantitative estimate of drug-likeness (QED) is 0.622. The summed E-state index contributed by atoms with van der Waals surface area (Å²) in [5, 5.41) is 22.9. The normalized spacial score (nSPS) is 28.1. The van der Waals surface area contributed by atoms with Gasteiger partial charge in [-0.15, -0.1) is 0 Å². The van der Waals surface area contributed by atoms with Crippen molar-refractivity contribution in [2.45, 2.75) is 24.9 Å². The molecule has 2 heterocycles. The van der Waals surface area contributed by atoms with Crippen LogP contribution >= 0.6 is 0 Å². The number of carbonyl (C=O) groups excluding carboxylic acids is 2. The molecule has 2 fully saturated rings. The van der Waals surface area contributed by atoms with Crippen molar-refractivity contribution in [1.82, 2.24) is 10.2 Å². The number of carbonyl (C=O) groups is 3. The van der Waals surface area contributed by atoms with E-state index in [0.717, 1.165) is 21.6 Å². The second kappa shape index (κ2) is 7.66. The van der Waals surface area contributed by atoms with E-state index in [-0.39, 0.29) is 19.6 Å². The number of hydrogen-bond donors (Lipinski definition) is 3. The van der Waals surface area contributed by atoms with Crippen molar-refractivity contribution in [2.24, 2.45) is 11.8 Å². The highest BCUT2D eigenvalue weighted by Crippen LogP contribution is 2.50. The lowest BCUT2D eigenvalue weighted by atomic mass is 9.76. The van der Waals surface area contributed by atoms with Gasteiger partial charge in [-0.05, 0) is 23.6 Å². The SMILES string of the molecule is Cc1ccccc1C1NC(Cc2ccccc2)(C(=O)O)C2C(=O)N(CCO)C(=O)C12. The fourth-order valence-electron chi connectivity index (χ4n) is 4.94. The fourth-order valence-corrected chi connectivity index (χ4v) is 4.94. The lowest BCUT2D eigenvalue weighted by molar-refractivity contribution is -0.151. The van der Waals surface area contributed by atoms with Gasteiger partial charge in [-0.2, -0.15) is 0 Å². The molecule has 30 heavy (non-hydrogen) atoms. The highest BCUT2D eigenvalue weighted by atomic mass is 16.4. The largest absolute Gasteiger partial charge is 0.480 e. The Morgan fingerprint density at radius 2 is 1.73 bits per heavy atom. The zero-order chi connectivity index (χ0) is 21.5. The smallest absolute Gasteiger partial charge is 0.325 e. The average Bonchev–Trinajstić information content (AvgIpc) is 3.19. The number of aliphatic hydroxyl groups excluding tert-OH is 1. The van der Waals surface area contributed by atoms with Crippen molar-refractivity contribution >= 4 is 17.8 Å². The van der Waals surface area contributed by atoms with E-state index in [0.29, 0.717) is 0 Å². The van der Waals surface area contributed by atoms with Crippen molar-refractivity contribution in [2.75, 3.05) is 13.2 Å². The summed E-state index contributed by atoms with van der Waals surface area (Å²) in [6.45, 7) is 1.40. The van der Waals surface area contributed by atoms with E-state index in [4.69, 9.17) is 0 Å². The van der Waals surface area contributed by atoms with E-state index in [2.05, 4.69) is 5.32 Å². The van der Waals surface area contributed by atoms with Crippen molar-refractivity contribution in [3.63, 3.8) is 0 Å². The summed E-state index contributed by atoms with van der Waals surface area (Å²) in [6, 6.07) is 16.0. The first-order valence-corrected chi connectivity index (χ1v) is 9.97. The molecule has 2 aliphatic heterocycles. The summed E-state index contributed by atoms with van der Waals surface area (Å²) < 4.78 is 0. The van der Waals surface area contributed by atoms with Gasteiger partial charge in [0.05, 0.1) is 25.0 Å². The molecule has 2 aromatic carbocycles. The molecule has 0 saturated carbocycles. The summed E-state index contributed by atoms with van der Waals surface area (Å²) in [4.78, 5) is 40.1. The van der Waals surface area contributed by atoms with Crippen LogP contribution in [0.5, 0.6) is 0 Å². The molecule has 0 aliphatic carbocycles. The van der Waals surface area contributed by atoms with Crippen molar-refractivity contribution in [3.05, 3.63) is 71.3 Å². The average molecular weight is 408 g/mol. The molecule has 2 saturated heterocycles. The van der Waals surface area contributed by atoms with Gasteiger partial charge in [0.1, 0.15) is 5.54 Å². The van der Waals surface area contributed by atoms with Crippen molar-refractivity contribution < 1.29 is 24.6 Å². The van der Waals surface area contributed by atoms with Crippen molar-refractivity contribution in [3.8, 4) is 0 Å². The molecule has 0 aromatic heterocycles. The molecule has 0 spiro atoms. The van der Waals surface area contributed by atoms with E-state index in [1.165, 1.54) is 0 Å². The number of rotatable bonds is 6. The Balaban J connectivity index is 1.86. The van der Waals surface area contributed by atoms with Gasteiger partial charge < -0.3 is 10.2 Å². The topological polar surface area (TPSA) is 107 Å². The van der Waals surface area contributed by atoms with Gasteiger partial charge in [-0.3, -0.25) is 24.6 Å². The molecule has 156 valence electrons. The molecular weight excluding hydrogens is 384 g/mol. The number of amides is 2. The Morgan fingerprint density at radius 3 is 2.37 bits per heavy atom. The number of benzene rings is 2. The monoisotopic (exact) mass is 408 g/mol. The third-order valence-corrected chi connectivity index (χ3v) is 6.30. The minimum Gasteiger partial charge on any atom is -0.480 e. The molecule has 2 aliphatic rings. The van der Waals surface area contributed by atoms with Crippen LogP contribution in [0.25, 0.3) is 0 Å². The van der Waals surface area contributed by atoms with Gasteiger partial charge in [0.2, 0.25) is 11.8 Å². The molecular formula is C23H24N2O5. The van der Waals surface area contributed by atoms with Gasteiger partial charge in [0.25, 0.3) is 0 Å². The predicted molar refractivity (Wildman–Crippen MR) is 108 cm³/mol. The van der Waals surface area contributed by atoms with E-state index < -0.39 is 41.2 Å². The number of aliphatic hydroxyl groups is 1. The third kappa shape index (κ3) is 3.02. The number of hydrogen-bond acceptors (Lipinski definition) is 5. The second-order valence-corrected chi connectivity index (χ2v) is 7.97. The standard InChI is InChI=1S/C23H24N2O5/c1-14-7-5-6-10-16(14)19-17-18(21(28)25(11-12-26)20(17)27)23(24-19,22(29)30)13-15-8-3-2-4-9-15/h2-10,17-19,24,26H,11-13H2,1H3,(H,29,30). The number of β-amino-alcohol motifs (C(OH)–C–C–N with tert-alkyl or cyclic N) is 1. The van der Waals surface area contributed by atoms with E-state index >= 15 is 0 Å². The maximum absolute atomic E-state index is 13.3. The lowest BCUT2D eigenvalue weighted by Crippen LogP contribution is -2.57. The minimum atomic E-state index is -1.63. The van der Waals surface area contributed by atoms with Crippen molar-refractivity contribution in [1.29, 1.82) is 0 Å². The van der Waals surface area contributed by atoms with Gasteiger partial charge in [0.15, 0.2) is 0 Å². The minimum absolute atomic E-state index is 0.0682. The first-order valence-electron chi connectivity index (χ1n) is 9.97. The molecule has 4 atom stereocenters. The fraction of sp³-hybridized carbons (Fsp3) is 0.348. The Labute approximate surface area is 174 Å². The van der Waals surface area contributed by atoms with Crippen LogP contribution in [0.15, 0.2) is 54.6 Å². The maximum atomic E-state index is 13.3. The van der Waals surface area contributed by atoms with Crippen LogP contribution in [0.1, 0.15) is 22.7 Å². The van der Waals surface area contributed by atoms with Gasteiger partial charge >= 0.3 is 5.97 Å². The molecule has 7 heteroatoms. The molecule has 0 bridgehead atoms. The summed E-state index contributed by atoms with van der Waals surface area (Å²) in [5.74, 6) is -4.04. The number of aliphatic carboxylic acids is 1. The number of nitrogens with one attached hydrogen (secondary N) is 1. The maximum Gasteiger partial charge on any atom is 0.325 e. The molecule has 4 rings (SSSR count). The number of likely N-dealkylation sites (tertiary alicyclic amines) is 1. The van der Waals surface area contributed by atoms with Crippen LogP contribution in [-0.4, -0.2) is 51.6 Å². The molecule has 7 nitrogen and oxygen atoms in total. The Hall–Kier alpha value is -3.03. The molecule has 0 radical (unpaired) electrons. The van der Waals surface area contributed by atoms with Gasteiger partial charge in [0, 0.05) is 12.5 Å². The van der Waals surface area contributed by atoms with Crippen LogP contribution in [0.2, 0.25) is 0 Å². The first-order chi connectivity index (χ1) is 14.4. The zero-order valence-corrected chi connectivity index (χ0v) is 16.6. The molecule has 2 aromatic rings. The Bertz CT molecular complexity index is 992. The Kier molecular flexibility index (Phi) is 5.17. The predicted octanol–water partition coefficient (Wildman–Crippen LogP) is 1.30. The molecule has 2 amide bonds. The van der Waals surface area contributed by atoms with Gasteiger partial charge in [-0.25, -0.2) is 0 Å². The highest BCUT2D eigenvalue weighted by molar-refractivity contribution is 6.09. The van der Waals surface area contributed by atoms with Crippen LogP contribution in [0, 0.1) is 18.8 Å². The summed E-state index contributed by atoms with van der Waals surface area (Å²) in [5.41, 5.74) is 0.847. The zero-order valence-electron chi connectivity index (χ0n) is 16.6. The third-order valence-electron chi connectivity index (χ3n) is 6.30. The van der Waals surface area contributed by atoms with E-state index in [1.54, 1.807) is 0 Å². The number of imide groups is 1. The van der Waals surface area contributed by atoms with Crippen LogP contribution < -0.4 is 5.32 Å². The summed E-state index contributed by atoms with van der Waals surface area (Å²) >= 11 is 0. The number of carboxylic acids is 1. The lowest BCUT2D eigenvalue weighted by Gasteiger charge is -2.31. The van der Waals surface area contributed by atoms with E-state index in [9.17, 15) is 24.6 Å². The summed E-state index contributed by atoms with van der Waals surface area (Å²) in [7, 11) is 0. The highest BCUT2D eigenvalue weighted by Gasteiger charge is 2.68. The summed E-state index contributed by atoms with van der Waals surface area (Å²) in [6.07, 6.45) is 0.0682.